The van der Waals surface area contributed by atoms with Crippen molar-refractivity contribution in [2.45, 2.75) is 25.0 Å². The van der Waals surface area contributed by atoms with E-state index in [1.54, 1.807) is 0 Å². The van der Waals surface area contributed by atoms with Crippen molar-refractivity contribution in [1.29, 1.82) is 0 Å². The fraction of sp³-hybridized carbons (Fsp3) is 0.294. The minimum atomic E-state index is 0.227. The molecule has 2 aliphatic rings. The normalized spacial score (nSPS) is 27.5. The van der Waals surface area contributed by atoms with Gasteiger partial charge in [-0.05, 0) is 22.3 Å². The molecule has 0 unspecified atom stereocenters. The summed E-state index contributed by atoms with van der Waals surface area (Å²) in [6.07, 6.45) is 0. The van der Waals surface area contributed by atoms with Gasteiger partial charge in [0.25, 0.3) is 0 Å². The first-order valence-electron chi connectivity index (χ1n) is 6.89. The Hall–Kier alpha value is -1.64. The molecule has 2 aromatic carbocycles. The summed E-state index contributed by atoms with van der Waals surface area (Å²) in [5.41, 5.74) is 5.60. The lowest BCUT2D eigenvalue weighted by atomic mass is 9.74. The number of nitrogens with zero attached hydrogens (tertiary/aromatic N) is 1. The summed E-state index contributed by atoms with van der Waals surface area (Å²) in [4.78, 5) is 2.41. The molecular formula is C17H17NO. The predicted octanol–water partition coefficient (Wildman–Crippen LogP) is 2.51. The Morgan fingerprint density at radius 3 is 1.95 bits per heavy atom. The van der Waals surface area contributed by atoms with Crippen LogP contribution in [0.25, 0.3) is 0 Å². The summed E-state index contributed by atoms with van der Waals surface area (Å²) in [6, 6.07) is 17.6. The van der Waals surface area contributed by atoms with Gasteiger partial charge in [-0.25, -0.2) is 0 Å². The molecule has 0 radical (unpaired) electrons. The van der Waals surface area contributed by atoms with Crippen molar-refractivity contribution in [1.82, 2.24) is 4.90 Å². The number of aliphatic hydroxyl groups is 1. The third-order valence-corrected chi connectivity index (χ3v) is 4.57. The molecule has 1 atom stereocenters. The van der Waals surface area contributed by atoms with Crippen LogP contribution < -0.4 is 0 Å². The Kier molecular flexibility index (Phi) is 2.47. The summed E-state index contributed by atoms with van der Waals surface area (Å²) in [7, 11) is 0. The first-order valence-corrected chi connectivity index (χ1v) is 6.89. The van der Waals surface area contributed by atoms with Crippen molar-refractivity contribution < 1.29 is 5.11 Å². The highest BCUT2D eigenvalue weighted by Crippen LogP contribution is 2.43. The fourth-order valence-corrected chi connectivity index (χ4v) is 3.70. The lowest BCUT2D eigenvalue weighted by molar-refractivity contribution is 0.0763. The largest absolute Gasteiger partial charge is 0.395 e. The van der Waals surface area contributed by atoms with Crippen molar-refractivity contribution in [2.75, 3.05) is 6.61 Å². The van der Waals surface area contributed by atoms with E-state index in [1.807, 2.05) is 0 Å². The molecule has 2 aromatic rings. The molecule has 1 N–H and O–H groups in total. The van der Waals surface area contributed by atoms with Crippen LogP contribution in [0.2, 0.25) is 0 Å². The highest BCUT2D eigenvalue weighted by Gasteiger charge is 2.39. The van der Waals surface area contributed by atoms with Crippen molar-refractivity contribution in [3.8, 4) is 0 Å². The lowest BCUT2D eigenvalue weighted by Gasteiger charge is -2.46. The van der Waals surface area contributed by atoms with Gasteiger partial charge in [0.15, 0.2) is 0 Å². The van der Waals surface area contributed by atoms with Crippen LogP contribution in [0.15, 0.2) is 48.5 Å². The van der Waals surface area contributed by atoms with Gasteiger partial charge >= 0.3 is 0 Å². The molecule has 0 saturated heterocycles. The van der Waals surface area contributed by atoms with Crippen LogP contribution in [0.5, 0.6) is 0 Å². The molecule has 4 rings (SSSR count). The van der Waals surface area contributed by atoms with Gasteiger partial charge in [-0.2, -0.15) is 0 Å². The Bertz CT molecular complexity index is 573. The molecule has 2 heteroatoms. The number of benzene rings is 2. The number of hydrogen-bond donors (Lipinski definition) is 1. The molecular weight excluding hydrogens is 234 g/mol. The Morgan fingerprint density at radius 1 is 0.895 bits per heavy atom. The van der Waals surface area contributed by atoms with Gasteiger partial charge in [0.05, 0.1) is 6.61 Å². The van der Waals surface area contributed by atoms with Gasteiger partial charge < -0.3 is 5.11 Å². The maximum atomic E-state index is 9.81. The predicted molar refractivity (Wildman–Crippen MR) is 74.8 cm³/mol. The third kappa shape index (κ3) is 1.57. The second kappa shape index (κ2) is 4.19. The van der Waals surface area contributed by atoms with Gasteiger partial charge in [-0.3, -0.25) is 4.90 Å². The standard InChI is InChI=1S/C17H17NO/c19-11-16-17-14-7-3-1-5-12(14)9-18(16)10-13-6-2-4-8-15(13)17/h1-8,16-17,19H,9-11H2/t16-/m0/s1. The van der Waals surface area contributed by atoms with E-state index in [0.717, 1.165) is 13.1 Å². The molecule has 0 fully saturated rings. The van der Waals surface area contributed by atoms with E-state index in [-0.39, 0.29) is 12.6 Å². The minimum absolute atomic E-state index is 0.227. The summed E-state index contributed by atoms with van der Waals surface area (Å²) in [6.45, 7) is 2.13. The topological polar surface area (TPSA) is 23.5 Å². The van der Waals surface area contributed by atoms with Gasteiger partial charge in [-0.1, -0.05) is 48.5 Å². The highest BCUT2D eigenvalue weighted by molar-refractivity contribution is 5.47. The van der Waals surface area contributed by atoms with E-state index in [4.69, 9.17) is 0 Å². The third-order valence-electron chi connectivity index (χ3n) is 4.57. The SMILES string of the molecule is OC[C@H]1C2c3ccccc3CN1Cc1ccccc12. The van der Waals surface area contributed by atoms with Crippen molar-refractivity contribution >= 4 is 0 Å². The fourth-order valence-electron chi connectivity index (χ4n) is 3.70. The summed E-state index contributed by atoms with van der Waals surface area (Å²) < 4.78 is 0. The quantitative estimate of drug-likeness (QED) is 0.842. The van der Waals surface area contributed by atoms with E-state index in [1.165, 1.54) is 22.3 Å². The maximum Gasteiger partial charge on any atom is 0.0596 e. The highest BCUT2D eigenvalue weighted by atomic mass is 16.3. The first-order chi connectivity index (χ1) is 9.38. The Labute approximate surface area is 113 Å². The van der Waals surface area contributed by atoms with E-state index in [2.05, 4.69) is 53.4 Å². The average molecular weight is 251 g/mol. The van der Waals surface area contributed by atoms with Crippen LogP contribution in [0.4, 0.5) is 0 Å². The second-order valence-electron chi connectivity index (χ2n) is 5.53. The van der Waals surface area contributed by atoms with Crippen molar-refractivity contribution in [3.05, 3.63) is 70.8 Å². The molecule has 0 saturated carbocycles. The summed E-state index contributed by atoms with van der Waals surface area (Å²) in [5.74, 6) is 0.319. The zero-order chi connectivity index (χ0) is 12.8. The zero-order valence-electron chi connectivity index (χ0n) is 10.8. The molecule has 0 spiro atoms. The molecule has 2 bridgehead atoms. The Balaban J connectivity index is 1.95. The van der Waals surface area contributed by atoms with Crippen LogP contribution in [0.3, 0.4) is 0 Å². The minimum Gasteiger partial charge on any atom is -0.395 e. The molecule has 2 nitrogen and oxygen atoms in total. The number of hydrogen-bond acceptors (Lipinski definition) is 2. The number of fused-ring (bicyclic) bond motifs is 6. The smallest absolute Gasteiger partial charge is 0.0596 e. The van der Waals surface area contributed by atoms with Crippen LogP contribution >= 0.6 is 0 Å². The molecule has 19 heavy (non-hydrogen) atoms. The monoisotopic (exact) mass is 251 g/mol. The van der Waals surface area contributed by atoms with Crippen LogP contribution in [0.1, 0.15) is 28.2 Å². The molecule has 96 valence electrons. The van der Waals surface area contributed by atoms with E-state index in [9.17, 15) is 5.11 Å². The zero-order valence-corrected chi connectivity index (χ0v) is 10.8. The average Bonchev–Trinajstić information content (AvgIpc) is 2.46. The van der Waals surface area contributed by atoms with Gasteiger partial charge in [0.1, 0.15) is 0 Å². The van der Waals surface area contributed by atoms with E-state index >= 15 is 0 Å². The Morgan fingerprint density at radius 2 is 1.42 bits per heavy atom. The molecule has 0 amide bonds. The first kappa shape index (κ1) is 11.2. The van der Waals surface area contributed by atoms with E-state index < -0.39 is 0 Å². The molecule has 2 heterocycles. The number of aliphatic hydroxyl groups excluding tert-OH is 1. The van der Waals surface area contributed by atoms with Crippen LogP contribution in [0, 0.1) is 0 Å². The van der Waals surface area contributed by atoms with Crippen molar-refractivity contribution in [2.24, 2.45) is 0 Å². The van der Waals surface area contributed by atoms with Gasteiger partial charge in [0, 0.05) is 25.0 Å². The van der Waals surface area contributed by atoms with Gasteiger partial charge in [-0.15, -0.1) is 0 Å². The van der Waals surface area contributed by atoms with E-state index in [0.29, 0.717) is 5.92 Å². The second-order valence-corrected chi connectivity index (χ2v) is 5.53. The van der Waals surface area contributed by atoms with Crippen LogP contribution in [-0.4, -0.2) is 22.7 Å². The maximum absolute atomic E-state index is 9.81. The molecule has 0 aliphatic carbocycles. The lowest BCUT2D eigenvalue weighted by Crippen LogP contribution is -2.48. The molecule has 2 aliphatic heterocycles. The summed E-state index contributed by atoms with van der Waals surface area (Å²) in [5, 5.41) is 9.81. The number of rotatable bonds is 1. The van der Waals surface area contributed by atoms with Gasteiger partial charge in [0.2, 0.25) is 0 Å². The molecule has 0 aromatic heterocycles. The van der Waals surface area contributed by atoms with Crippen molar-refractivity contribution in [3.63, 3.8) is 0 Å². The van der Waals surface area contributed by atoms with Crippen LogP contribution in [-0.2, 0) is 13.1 Å². The summed E-state index contributed by atoms with van der Waals surface area (Å²) >= 11 is 0.